The molecule has 0 saturated carbocycles. The van der Waals surface area contributed by atoms with Crippen molar-refractivity contribution in [1.82, 2.24) is 0 Å². The predicted molar refractivity (Wildman–Crippen MR) is 77.2 cm³/mol. The van der Waals surface area contributed by atoms with E-state index in [-0.39, 0.29) is 6.10 Å². The van der Waals surface area contributed by atoms with Crippen LogP contribution in [0.25, 0.3) is 0 Å². The van der Waals surface area contributed by atoms with Crippen LogP contribution in [0, 0.1) is 0 Å². The van der Waals surface area contributed by atoms with E-state index < -0.39 is 0 Å². The summed E-state index contributed by atoms with van der Waals surface area (Å²) in [7, 11) is 0. The van der Waals surface area contributed by atoms with Crippen molar-refractivity contribution < 1.29 is 4.74 Å². The van der Waals surface area contributed by atoms with Gasteiger partial charge in [0, 0.05) is 22.9 Å². The van der Waals surface area contributed by atoms with Crippen LogP contribution in [0.15, 0.2) is 41.8 Å². The highest BCUT2D eigenvalue weighted by atomic mass is 35.5. The van der Waals surface area contributed by atoms with Crippen LogP contribution in [0.2, 0.25) is 5.02 Å². The van der Waals surface area contributed by atoms with Gasteiger partial charge in [-0.2, -0.15) is 0 Å². The second kappa shape index (κ2) is 6.90. The quantitative estimate of drug-likeness (QED) is 0.877. The van der Waals surface area contributed by atoms with Crippen molar-refractivity contribution >= 4 is 22.9 Å². The molecule has 96 valence electrons. The number of hydrogen-bond donors (Lipinski definition) is 1. The van der Waals surface area contributed by atoms with Gasteiger partial charge in [0.15, 0.2) is 0 Å². The Morgan fingerprint density at radius 2 is 2.17 bits per heavy atom. The van der Waals surface area contributed by atoms with E-state index >= 15 is 0 Å². The van der Waals surface area contributed by atoms with E-state index in [0.717, 1.165) is 12.0 Å². The highest BCUT2D eigenvalue weighted by molar-refractivity contribution is 7.09. The third kappa shape index (κ3) is 3.82. The first-order valence-corrected chi connectivity index (χ1v) is 7.15. The van der Waals surface area contributed by atoms with Gasteiger partial charge in [-0.15, -0.1) is 11.3 Å². The average molecular weight is 282 g/mol. The van der Waals surface area contributed by atoms with Crippen molar-refractivity contribution in [3.63, 3.8) is 0 Å². The zero-order valence-electron chi connectivity index (χ0n) is 10.0. The Balaban J connectivity index is 1.89. The molecule has 2 N–H and O–H groups in total. The summed E-state index contributed by atoms with van der Waals surface area (Å²) in [6.07, 6.45) is 0.845. The highest BCUT2D eigenvalue weighted by Gasteiger charge is 2.10. The zero-order chi connectivity index (χ0) is 12.8. The first-order chi connectivity index (χ1) is 8.79. The summed E-state index contributed by atoms with van der Waals surface area (Å²) in [5.41, 5.74) is 6.79. The number of thiophene rings is 1. The molecule has 1 unspecified atom stereocenters. The number of ether oxygens (including phenoxy) is 1. The number of benzene rings is 1. The van der Waals surface area contributed by atoms with Crippen LogP contribution in [-0.4, -0.2) is 13.2 Å². The van der Waals surface area contributed by atoms with Crippen LogP contribution in [-0.2, 0) is 11.2 Å². The van der Waals surface area contributed by atoms with Crippen LogP contribution >= 0.6 is 22.9 Å². The molecule has 1 aromatic heterocycles. The second-order valence-corrected chi connectivity index (χ2v) is 5.45. The van der Waals surface area contributed by atoms with Crippen LogP contribution in [0.3, 0.4) is 0 Å². The summed E-state index contributed by atoms with van der Waals surface area (Å²) in [6.45, 7) is 1.14. The lowest BCUT2D eigenvalue weighted by atomic mass is 10.1. The SMILES string of the molecule is NCC(OCCc1cccs1)c1cccc(Cl)c1. The first kappa shape index (κ1) is 13.6. The van der Waals surface area contributed by atoms with Gasteiger partial charge in [-0.3, -0.25) is 0 Å². The highest BCUT2D eigenvalue weighted by Crippen LogP contribution is 2.20. The van der Waals surface area contributed by atoms with E-state index in [1.165, 1.54) is 4.88 Å². The largest absolute Gasteiger partial charge is 0.372 e. The summed E-state index contributed by atoms with van der Waals surface area (Å²) in [6, 6.07) is 11.8. The van der Waals surface area contributed by atoms with Gasteiger partial charge >= 0.3 is 0 Å². The van der Waals surface area contributed by atoms with Gasteiger partial charge in [-0.05, 0) is 29.1 Å². The lowest BCUT2D eigenvalue weighted by Gasteiger charge is -2.16. The molecule has 0 amide bonds. The molecule has 0 aliphatic carbocycles. The normalized spacial score (nSPS) is 12.6. The first-order valence-electron chi connectivity index (χ1n) is 5.89. The molecule has 0 saturated heterocycles. The fourth-order valence-electron chi connectivity index (χ4n) is 1.76. The molecule has 0 aliphatic rings. The van der Waals surface area contributed by atoms with Gasteiger partial charge in [0.05, 0.1) is 12.7 Å². The van der Waals surface area contributed by atoms with Crippen LogP contribution in [0.4, 0.5) is 0 Å². The number of hydrogen-bond acceptors (Lipinski definition) is 3. The maximum absolute atomic E-state index is 5.97. The van der Waals surface area contributed by atoms with Crippen LogP contribution in [0.1, 0.15) is 16.5 Å². The molecule has 2 nitrogen and oxygen atoms in total. The number of rotatable bonds is 6. The van der Waals surface area contributed by atoms with Crippen LogP contribution in [0.5, 0.6) is 0 Å². The Bertz CT molecular complexity index is 472. The zero-order valence-corrected chi connectivity index (χ0v) is 11.6. The molecule has 0 spiro atoms. The Labute approximate surface area is 116 Å². The monoisotopic (exact) mass is 281 g/mol. The molecular formula is C14H16ClNOS. The lowest BCUT2D eigenvalue weighted by Crippen LogP contribution is -2.17. The fraction of sp³-hybridized carbons (Fsp3) is 0.286. The molecule has 1 heterocycles. The van der Waals surface area contributed by atoms with Gasteiger partial charge in [-0.25, -0.2) is 0 Å². The van der Waals surface area contributed by atoms with Crippen molar-refractivity contribution in [2.45, 2.75) is 12.5 Å². The number of halogens is 1. The van der Waals surface area contributed by atoms with Gasteiger partial charge < -0.3 is 10.5 Å². The van der Waals surface area contributed by atoms with E-state index in [0.29, 0.717) is 18.2 Å². The van der Waals surface area contributed by atoms with Crippen molar-refractivity contribution in [3.8, 4) is 0 Å². The van der Waals surface area contributed by atoms with Crippen LogP contribution < -0.4 is 5.73 Å². The molecule has 0 bridgehead atoms. The summed E-state index contributed by atoms with van der Waals surface area (Å²) in [5, 5.41) is 2.79. The van der Waals surface area contributed by atoms with Crippen molar-refractivity contribution in [3.05, 3.63) is 57.2 Å². The summed E-state index contributed by atoms with van der Waals surface area (Å²) < 4.78 is 5.83. The third-order valence-electron chi connectivity index (χ3n) is 2.68. The molecule has 1 aromatic carbocycles. The van der Waals surface area contributed by atoms with Crippen molar-refractivity contribution in [2.24, 2.45) is 5.73 Å². The van der Waals surface area contributed by atoms with Gasteiger partial charge in [-0.1, -0.05) is 29.8 Å². The lowest BCUT2D eigenvalue weighted by molar-refractivity contribution is 0.0612. The fourth-order valence-corrected chi connectivity index (χ4v) is 2.65. The molecule has 4 heteroatoms. The van der Waals surface area contributed by atoms with E-state index in [1.54, 1.807) is 11.3 Å². The Morgan fingerprint density at radius 3 is 2.83 bits per heavy atom. The van der Waals surface area contributed by atoms with Crippen molar-refractivity contribution in [1.29, 1.82) is 0 Å². The maximum Gasteiger partial charge on any atom is 0.0947 e. The average Bonchev–Trinajstić information content (AvgIpc) is 2.88. The summed E-state index contributed by atoms with van der Waals surface area (Å²) >= 11 is 7.71. The third-order valence-corrected chi connectivity index (χ3v) is 3.85. The Hall–Kier alpha value is -0.870. The molecule has 18 heavy (non-hydrogen) atoms. The standard InChI is InChI=1S/C14H16ClNOS/c15-12-4-1-3-11(9-12)14(10-16)17-7-6-13-5-2-8-18-13/h1-5,8-9,14H,6-7,10,16H2. The predicted octanol–water partition coefficient (Wildman–Crippen LogP) is 3.66. The minimum Gasteiger partial charge on any atom is -0.372 e. The minimum atomic E-state index is -0.0799. The minimum absolute atomic E-state index is 0.0799. The van der Waals surface area contributed by atoms with E-state index in [2.05, 4.69) is 17.5 Å². The molecule has 1 atom stereocenters. The summed E-state index contributed by atoms with van der Waals surface area (Å²) in [4.78, 5) is 1.33. The van der Waals surface area contributed by atoms with Gasteiger partial charge in [0.1, 0.15) is 0 Å². The molecule has 2 aromatic rings. The Kier molecular flexibility index (Phi) is 5.20. The molecular weight excluding hydrogens is 266 g/mol. The number of nitrogens with two attached hydrogens (primary N) is 1. The van der Waals surface area contributed by atoms with Gasteiger partial charge in [0.2, 0.25) is 0 Å². The Morgan fingerprint density at radius 1 is 1.28 bits per heavy atom. The van der Waals surface area contributed by atoms with Crippen molar-refractivity contribution in [2.75, 3.05) is 13.2 Å². The topological polar surface area (TPSA) is 35.2 Å². The smallest absolute Gasteiger partial charge is 0.0947 e. The van der Waals surface area contributed by atoms with E-state index in [1.807, 2.05) is 24.3 Å². The van der Waals surface area contributed by atoms with E-state index in [9.17, 15) is 0 Å². The second-order valence-electron chi connectivity index (χ2n) is 3.98. The molecule has 0 radical (unpaired) electrons. The van der Waals surface area contributed by atoms with E-state index in [4.69, 9.17) is 22.1 Å². The van der Waals surface area contributed by atoms with Gasteiger partial charge in [0.25, 0.3) is 0 Å². The molecule has 2 rings (SSSR count). The maximum atomic E-state index is 5.97. The molecule has 0 fully saturated rings. The summed E-state index contributed by atoms with van der Waals surface area (Å²) in [5.74, 6) is 0. The molecule has 0 aliphatic heterocycles.